The number of hydrogen-bond donors (Lipinski definition) is 1. The zero-order valence-corrected chi connectivity index (χ0v) is 6.80. The van der Waals surface area contributed by atoms with Crippen molar-refractivity contribution in [3.8, 4) is 0 Å². The molecule has 0 spiro atoms. The molecule has 0 aliphatic rings. The molecule has 1 atom stereocenters. The average molecular weight is 147 g/mol. The van der Waals surface area contributed by atoms with Gasteiger partial charge in [0, 0.05) is 13.7 Å². The van der Waals surface area contributed by atoms with Gasteiger partial charge >= 0.3 is 0 Å². The Morgan fingerprint density at radius 2 is 2.20 bits per heavy atom. The third-order valence-corrected chi connectivity index (χ3v) is 1.15. The molecule has 0 aliphatic heterocycles. The number of rotatable bonds is 6. The van der Waals surface area contributed by atoms with E-state index in [1.807, 2.05) is 6.92 Å². The molecule has 0 saturated heterocycles. The van der Waals surface area contributed by atoms with Crippen molar-refractivity contribution in [1.29, 1.82) is 0 Å². The van der Waals surface area contributed by atoms with Gasteiger partial charge in [0.1, 0.15) is 0 Å². The molecule has 3 nitrogen and oxygen atoms in total. The molecular weight excluding hydrogens is 130 g/mol. The van der Waals surface area contributed by atoms with Crippen LogP contribution in [0.3, 0.4) is 0 Å². The standard InChI is InChI=1S/C7H17NO2/c1-7(6-9-2)10-5-3-4-8/h7H,3-6,8H2,1-2H3. The Kier molecular flexibility index (Phi) is 6.91. The molecule has 3 heteroatoms. The minimum Gasteiger partial charge on any atom is -0.382 e. The lowest BCUT2D eigenvalue weighted by molar-refractivity contribution is 0.00894. The van der Waals surface area contributed by atoms with Gasteiger partial charge in [0.05, 0.1) is 12.7 Å². The lowest BCUT2D eigenvalue weighted by Crippen LogP contribution is -2.16. The van der Waals surface area contributed by atoms with Crippen molar-refractivity contribution in [3.63, 3.8) is 0 Å². The van der Waals surface area contributed by atoms with Crippen LogP contribution in [0.15, 0.2) is 0 Å². The highest BCUT2D eigenvalue weighted by Gasteiger charge is 1.98. The molecule has 0 saturated carbocycles. The molecule has 0 aromatic carbocycles. The van der Waals surface area contributed by atoms with Crippen LogP contribution in [0.5, 0.6) is 0 Å². The first-order valence-corrected chi connectivity index (χ1v) is 3.62. The summed E-state index contributed by atoms with van der Waals surface area (Å²) >= 11 is 0. The first-order chi connectivity index (χ1) is 4.81. The maximum atomic E-state index is 5.32. The summed E-state index contributed by atoms with van der Waals surface area (Å²) in [7, 11) is 1.67. The van der Waals surface area contributed by atoms with E-state index >= 15 is 0 Å². The molecule has 10 heavy (non-hydrogen) atoms. The maximum Gasteiger partial charge on any atom is 0.0780 e. The van der Waals surface area contributed by atoms with E-state index in [9.17, 15) is 0 Å². The van der Waals surface area contributed by atoms with Gasteiger partial charge < -0.3 is 15.2 Å². The van der Waals surface area contributed by atoms with Crippen LogP contribution >= 0.6 is 0 Å². The van der Waals surface area contributed by atoms with Crippen molar-refractivity contribution >= 4 is 0 Å². The molecule has 0 fully saturated rings. The van der Waals surface area contributed by atoms with E-state index in [2.05, 4.69) is 0 Å². The fourth-order valence-electron chi connectivity index (χ4n) is 0.651. The topological polar surface area (TPSA) is 44.5 Å². The van der Waals surface area contributed by atoms with Gasteiger partial charge in [-0.2, -0.15) is 0 Å². The lowest BCUT2D eigenvalue weighted by atomic mass is 10.4. The van der Waals surface area contributed by atoms with Gasteiger partial charge in [-0.1, -0.05) is 0 Å². The predicted octanol–water partition coefficient (Wildman–Crippen LogP) is 0.387. The van der Waals surface area contributed by atoms with Gasteiger partial charge in [-0.05, 0) is 19.9 Å². The number of ether oxygens (including phenoxy) is 2. The van der Waals surface area contributed by atoms with E-state index in [4.69, 9.17) is 15.2 Å². The molecule has 0 amide bonds. The Balaban J connectivity index is 2.97. The zero-order chi connectivity index (χ0) is 7.82. The largest absolute Gasteiger partial charge is 0.382 e. The van der Waals surface area contributed by atoms with Gasteiger partial charge in [0.2, 0.25) is 0 Å². The van der Waals surface area contributed by atoms with Crippen molar-refractivity contribution in [2.75, 3.05) is 26.9 Å². The Labute approximate surface area is 62.5 Å². The van der Waals surface area contributed by atoms with Crippen LogP contribution in [0, 0.1) is 0 Å². The average Bonchev–Trinajstić information content (AvgIpc) is 1.89. The number of hydrogen-bond acceptors (Lipinski definition) is 3. The summed E-state index contributed by atoms with van der Waals surface area (Å²) in [6, 6.07) is 0. The van der Waals surface area contributed by atoms with Crippen molar-refractivity contribution in [2.45, 2.75) is 19.4 Å². The Bertz CT molecular complexity index is 68.6. The highest BCUT2D eigenvalue weighted by atomic mass is 16.5. The van der Waals surface area contributed by atoms with Gasteiger partial charge in [0.25, 0.3) is 0 Å². The van der Waals surface area contributed by atoms with Crippen molar-refractivity contribution in [2.24, 2.45) is 5.73 Å². The Hall–Kier alpha value is -0.120. The number of methoxy groups -OCH3 is 1. The Morgan fingerprint density at radius 1 is 1.50 bits per heavy atom. The molecular formula is C7H17NO2. The summed E-state index contributed by atoms with van der Waals surface area (Å²) in [6.45, 7) is 4.07. The predicted molar refractivity (Wildman–Crippen MR) is 41.0 cm³/mol. The molecule has 62 valence electrons. The monoisotopic (exact) mass is 147 g/mol. The zero-order valence-electron chi connectivity index (χ0n) is 6.80. The third-order valence-electron chi connectivity index (χ3n) is 1.15. The molecule has 0 rings (SSSR count). The van der Waals surface area contributed by atoms with Crippen LogP contribution in [0.4, 0.5) is 0 Å². The molecule has 0 aromatic heterocycles. The minimum absolute atomic E-state index is 0.191. The minimum atomic E-state index is 0.191. The molecule has 0 heterocycles. The highest BCUT2D eigenvalue weighted by molar-refractivity contribution is 4.46. The first kappa shape index (κ1) is 9.88. The quantitative estimate of drug-likeness (QED) is 0.553. The maximum absolute atomic E-state index is 5.32. The van der Waals surface area contributed by atoms with Crippen molar-refractivity contribution in [1.82, 2.24) is 0 Å². The van der Waals surface area contributed by atoms with E-state index in [-0.39, 0.29) is 6.10 Å². The molecule has 2 N–H and O–H groups in total. The van der Waals surface area contributed by atoms with Gasteiger partial charge in [-0.25, -0.2) is 0 Å². The van der Waals surface area contributed by atoms with Crippen molar-refractivity contribution < 1.29 is 9.47 Å². The van der Waals surface area contributed by atoms with Crippen LogP contribution in [0.2, 0.25) is 0 Å². The fourth-order valence-corrected chi connectivity index (χ4v) is 0.651. The van der Waals surface area contributed by atoms with Gasteiger partial charge in [0.15, 0.2) is 0 Å². The van der Waals surface area contributed by atoms with Crippen LogP contribution < -0.4 is 5.73 Å². The second kappa shape index (κ2) is 6.99. The SMILES string of the molecule is COCC(C)OCCCN. The van der Waals surface area contributed by atoms with E-state index in [1.54, 1.807) is 7.11 Å². The first-order valence-electron chi connectivity index (χ1n) is 3.62. The second-order valence-electron chi connectivity index (χ2n) is 2.28. The van der Waals surface area contributed by atoms with Crippen LogP contribution in [-0.2, 0) is 9.47 Å². The summed E-state index contributed by atoms with van der Waals surface area (Å²) in [6.07, 6.45) is 1.12. The van der Waals surface area contributed by atoms with Gasteiger partial charge in [-0.15, -0.1) is 0 Å². The molecule has 0 radical (unpaired) electrons. The number of nitrogens with two attached hydrogens (primary N) is 1. The van der Waals surface area contributed by atoms with Crippen LogP contribution in [0.25, 0.3) is 0 Å². The molecule has 1 unspecified atom stereocenters. The Morgan fingerprint density at radius 3 is 2.70 bits per heavy atom. The van der Waals surface area contributed by atoms with Gasteiger partial charge in [-0.3, -0.25) is 0 Å². The molecule has 0 aromatic rings. The van der Waals surface area contributed by atoms with Crippen molar-refractivity contribution in [3.05, 3.63) is 0 Å². The summed E-state index contributed by atoms with van der Waals surface area (Å²) in [5.74, 6) is 0. The summed E-state index contributed by atoms with van der Waals surface area (Å²) in [5.41, 5.74) is 5.28. The molecule has 0 bridgehead atoms. The summed E-state index contributed by atoms with van der Waals surface area (Å²) in [4.78, 5) is 0. The summed E-state index contributed by atoms with van der Waals surface area (Å²) in [5, 5.41) is 0. The third kappa shape index (κ3) is 6.01. The van der Waals surface area contributed by atoms with Crippen LogP contribution in [-0.4, -0.2) is 33.0 Å². The van der Waals surface area contributed by atoms with E-state index in [0.717, 1.165) is 13.0 Å². The van der Waals surface area contributed by atoms with E-state index in [0.29, 0.717) is 13.2 Å². The summed E-state index contributed by atoms with van der Waals surface area (Å²) < 4.78 is 10.2. The van der Waals surface area contributed by atoms with Crippen LogP contribution in [0.1, 0.15) is 13.3 Å². The fraction of sp³-hybridized carbons (Fsp3) is 1.00. The van der Waals surface area contributed by atoms with E-state index in [1.165, 1.54) is 0 Å². The highest BCUT2D eigenvalue weighted by Crippen LogP contribution is 1.91. The molecule has 0 aliphatic carbocycles. The lowest BCUT2D eigenvalue weighted by Gasteiger charge is -2.10. The van der Waals surface area contributed by atoms with E-state index < -0.39 is 0 Å². The second-order valence-corrected chi connectivity index (χ2v) is 2.28. The normalized spacial score (nSPS) is 13.5. The smallest absolute Gasteiger partial charge is 0.0780 e.